The number of H-pyrrole nitrogens is 1. The van der Waals surface area contributed by atoms with Gasteiger partial charge in [0, 0.05) is 46.6 Å². The van der Waals surface area contributed by atoms with Crippen LogP contribution in [-0.4, -0.2) is 17.1 Å². The summed E-state index contributed by atoms with van der Waals surface area (Å²) in [5, 5.41) is 2.70. The molecule has 4 N–H and O–H groups in total. The van der Waals surface area contributed by atoms with E-state index in [0.717, 1.165) is 21.8 Å². The first kappa shape index (κ1) is 33.2. The molecule has 0 aliphatic heterocycles. The monoisotopic (exact) mass is 807 g/mol. The van der Waals surface area contributed by atoms with Crippen LogP contribution >= 0.6 is 63.7 Å². The highest BCUT2D eigenvalue weighted by Crippen LogP contribution is 2.33. The third-order valence-electron chi connectivity index (χ3n) is 4.98. The number of aromatic amines is 1. The standard InChI is InChI=1S/C9H6Br2F3NO.C9H5BrF3N.C7H8BrN/c10-4-5-6(11)2-1-3-7(5)15-8(16)9(12,13)14;10-6-2-1-3-7-5(6)4-8(14-7)9(11,12)13;1-5-6(8)3-2-4-7(5)9/h1-3H,4H2,(H,15,16);1-4,14H;2-4H,9H2,1H3. The van der Waals surface area contributed by atoms with E-state index in [2.05, 4.69) is 68.7 Å². The van der Waals surface area contributed by atoms with E-state index in [-0.39, 0.29) is 5.69 Å². The molecule has 0 saturated carbocycles. The first-order valence-electron chi connectivity index (χ1n) is 10.6. The minimum Gasteiger partial charge on any atom is -0.398 e. The number of aromatic nitrogens is 1. The number of hydrogen-bond donors (Lipinski definition) is 3. The maximum atomic E-state index is 12.3. The number of nitrogens with two attached hydrogens (primary N) is 1. The van der Waals surface area contributed by atoms with Gasteiger partial charge in [-0.15, -0.1) is 0 Å². The Bertz CT molecular complexity index is 1420. The lowest BCUT2D eigenvalue weighted by atomic mass is 10.2. The van der Waals surface area contributed by atoms with Crippen molar-refractivity contribution in [3.05, 3.63) is 90.9 Å². The third kappa shape index (κ3) is 9.54. The molecular weight excluding hydrogens is 792 g/mol. The molecule has 0 bridgehead atoms. The van der Waals surface area contributed by atoms with E-state index in [1.54, 1.807) is 30.3 Å². The molecule has 0 saturated heterocycles. The third-order valence-corrected chi connectivity index (χ3v) is 7.84. The second kappa shape index (κ2) is 14.0. The van der Waals surface area contributed by atoms with Crippen LogP contribution < -0.4 is 11.1 Å². The normalized spacial score (nSPS) is 11.3. The summed E-state index contributed by atoms with van der Waals surface area (Å²) in [7, 11) is 0. The summed E-state index contributed by atoms with van der Waals surface area (Å²) >= 11 is 12.9. The number of benzene rings is 3. The second-order valence-corrected chi connectivity index (χ2v) is 10.8. The molecule has 4 aromatic rings. The number of rotatable bonds is 2. The summed E-state index contributed by atoms with van der Waals surface area (Å²) in [5.74, 6) is -1.98. The van der Waals surface area contributed by atoms with Gasteiger partial charge >= 0.3 is 18.3 Å². The highest BCUT2D eigenvalue weighted by Gasteiger charge is 2.39. The lowest BCUT2D eigenvalue weighted by Crippen LogP contribution is -2.30. The molecule has 0 fully saturated rings. The maximum absolute atomic E-state index is 12.3. The van der Waals surface area contributed by atoms with Crippen molar-refractivity contribution in [2.75, 3.05) is 11.1 Å². The smallest absolute Gasteiger partial charge is 0.398 e. The molecule has 1 heterocycles. The van der Waals surface area contributed by atoms with Crippen molar-refractivity contribution in [2.45, 2.75) is 24.6 Å². The molecule has 3 aromatic carbocycles. The van der Waals surface area contributed by atoms with Crippen LogP contribution in [0.4, 0.5) is 37.7 Å². The summed E-state index contributed by atoms with van der Waals surface area (Å²) in [6.45, 7) is 1.99. The van der Waals surface area contributed by atoms with Crippen LogP contribution in [0.1, 0.15) is 16.8 Å². The van der Waals surface area contributed by atoms with E-state index < -0.39 is 24.0 Å². The zero-order valence-corrected chi connectivity index (χ0v) is 26.1. The number of alkyl halides is 7. The molecule has 1 amide bonds. The first-order chi connectivity index (χ1) is 18.1. The van der Waals surface area contributed by atoms with E-state index in [0.29, 0.717) is 30.7 Å². The van der Waals surface area contributed by atoms with Crippen LogP contribution in [0.15, 0.2) is 74.1 Å². The number of hydrogen-bond acceptors (Lipinski definition) is 2. The maximum Gasteiger partial charge on any atom is 0.471 e. The topological polar surface area (TPSA) is 70.9 Å². The Morgan fingerprint density at radius 2 is 1.46 bits per heavy atom. The fourth-order valence-electron chi connectivity index (χ4n) is 2.90. The molecular formula is C25H19Br4F6N3O. The minimum absolute atomic E-state index is 0.133. The average Bonchev–Trinajstić information content (AvgIpc) is 3.30. The summed E-state index contributed by atoms with van der Waals surface area (Å²) in [4.78, 5) is 13.1. The number of carbonyl (C=O) groups excluding carboxylic acids is 1. The number of halogens is 10. The Kier molecular flexibility index (Phi) is 11.9. The van der Waals surface area contributed by atoms with Crippen molar-refractivity contribution in [2.24, 2.45) is 0 Å². The van der Waals surface area contributed by atoms with Gasteiger partial charge in [0.2, 0.25) is 0 Å². The summed E-state index contributed by atoms with van der Waals surface area (Å²) in [5.41, 5.74) is 7.98. The number of nitrogen functional groups attached to an aromatic ring is 1. The fraction of sp³-hybridized carbons (Fsp3) is 0.160. The van der Waals surface area contributed by atoms with Gasteiger partial charge in [0.1, 0.15) is 5.69 Å². The van der Waals surface area contributed by atoms with Gasteiger partial charge in [-0.05, 0) is 55.0 Å². The number of amides is 1. The molecule has 210 valence electrons. The van der Waals surface area contributed by atoms with Crippen LogP contribution in [-0.2, 0) is 16.3 Å². The van der Waals surface area contributed by atoms with Crippen LogP contribution in [0.2, 0.25) is 0 Å². The van der Waals surface area contributed by atoms with Gasteiger partial charge < -0.3 is 16.0 Å². The molecule has 0 radical (unpaired) electrons. The van der Waals surface area contributed by atoms with Crippen molar-refractivity contribution in [1.29, 1.82) is 0 Å². The number of carbonyl (C=O) groups is 1. The van der Waals surface area contributed by atoms with E-state index >= 15 is 0 Å². The Morgan fingerprint density at radius 1 is 0.897 bits per heavy atom. The highest BCUT2D eigenvalue weighted by molar-refractivity contribution is 9.11. The lowest BCUT2D eigenvalue weighted by Gasteiger charge is -2.12. The summed E-state index contributed by atoms with van der Waals surface area (Å²) in [6.07, 6.45) is -9.20. The van der Waals surface area contributed by atoms with Gasteiger partial charge in [-0.1, -0.05) is 81.9 Å². The predicted octanol–water partition coefficient (Wildman–Crippen LogP) is 10.1. The molecule has 1 aromatic heterocycles. The van der Waals surface area contributed by atoms with E-state index in [4.69, 9.17) is 5.73 Å². The highest BCUT2D eigenvalue weighted by atomic mass is 79.9. The zero-order chi connectivity index (χ0) is 29.5. The summed E-state index contributed by atoms with van der Waals surface area (Å²) < 4.78 is 75.4. The minimum atomic E-state index is -4.88. The molecule has 0 spiro atoms. The fourth-order valence-corrected chi connectivity index (χ4v) is 5.25. The molecule has 0 atom stereocenters. The van der Waals surface area contributed by atoms with E-state index in [1.165, 1.54) is 6.07 Å². The van der Waals surface area contributed by atoms with Gasteiger partial charge in [-0.2, -0.15) is 26.3 Å². The largest absolute Gasteiger partial charge is 0.471 e. The van der Waals surface area contributed by atoms with Gasteiger partial charge in [0.05, 0.1) is 0 Å². The van der Waals surface area contributed by atoms with Crippen LogP contribution in [0.25, 0.3) is 10.9 Å². The van der Waals surface area contributed by atoms with Crippen molar-refractivity contribution in [3.8, 4) is 0 Å². The van der Waals surface area contributed by atoms with Crippen molar-refractivity contribution in [3.63, 3.8) is 0 Å². The van der Waals surface area contributed by atoms with Gasteiger partial charge in [-0.3, -0.25) is 4.79 Å². The number of nitrogens with one attached hydrogen (secondary N) is 2. The Balaban J connectivity index is 0.000000213. The SMILES string of the molecule is Cc1c(N)cccc1Br.FC(F)(F)c1cc2c(Br)cccc2[nH]1.O=C(Nc1cccc(Br)c1CBr)C(F)(F)F. The number of fused-ring (bicyclic) bond motifs is 1. The summed E-state index contributed by atoms with van der Waals surface area (Å²) in [6, 6.07) is 16.5. The molecule has 4 rings (SSSR count). The van der Waals surface area contributed by atoms with Crippen molar-refractivity contribution < 1.29 is 31.1 Å². The Morgan fingerprint density at radius 3 is 1.97 bits per heavy atom. The average molecular weight is 811 g/mol. The van der Waals surface area contributed by atoms with Crippen LogP contribution in [0.5, 0.6) is 0 Å². The molecule has 39 heavy (non-hydrogen) atoms. The van der Waals surface area contributed by atoms with E-state index in [1.807, 2.05) is 30.4 Å². The molecule has 0 aliphatic carbocycles. The molecule has 0 unspecified atom stereocenters. The quantitative estimate of drug-likeness (QED) is 0.107. The van der Waals surface area contributed by atoms with Crippen molar-refractivity contribution >= 4 is 91.9 Å². The molecule has 14 heteroatoms. The zero-order valence-electron chi connectivity index (χ0n) is 19.7. The van der Waals surface area contributed by atoms with E-state index in [9.17, 15) is 31.1 Å². The second-order valence-electron chi connectivity index (χ2n) is 7.69. The van der Waals surface area contributed by atoms with Crippen molar-refractivity contribution in [1.82, 2.24) is 4.98 Å². The van der Waals surface area contributed by atoms with Gasteiger partial charge in [0.25, 0.3) is 0 Å². The Hall–Kier alpha value is -2.03. The van der Waals surface area contributed by atoms with Gasteiger partial charge in [-0.25, -0.2) is 0 Å². The van der Waals surface area contributed by atoms with Gasteiger partial charge in [0.15, 0.2) is 0 Å². The first-order valence-corrected chi connectivity index (χ1v) is 14.1. The van der Waals surface area contributed by atoms with Crippen LogP contribution in [0, 0.1) is 6.92 Å². The lowest BCUT2D eigenvalue weighted by molar-refractivity contribution is -0.167. The molecule has 0 aliphatic rings. The predicted molar refractivity (Wildman–Crippen MR) is 156 cm³/mol. The number of anilines is 2. The van der Waals surface area contributed by atoms with Crippen LogP contribution in [0.3, 0.4) is 0 Å². The molecule has 4 nitrogen and oxygen atoms in total. The Labute approximate surface area is 253 Å².